The molecule has 2 aliphatic rings. The molecule has 2 aromatic carbocycles. The fraction of sp³-hybridized carbons (Fsp3) is 0.400. The molecule has 0 unspecified atom stereocenters. The molecule has 2 aromatic rings. The van der Waals surface area contributed by atoms with E-state index in [2.05, 4.69) is 23.5 Å². The van der Waals surface area contributed by atoms with Gasteiger partial charge in [0.05, 0.1) is 11.6 Å². The lowest BCUT2D eigenvalue weighted by molar-refractivity contribution is -0.124. The highest BCUT2D eigenvalue weighted by Gasteiger charge is 2.23. The Morgan fingerprint density at radius 1 is 1.03 bits per heavy atom. The van der Waals surface area contributed by atoms with Crippen molar-refractivity contribution in [2.45, 2.75) is 51.5 Å². The second kappa shape index (κ2) is 9.33. The number of carbonyl (C=O) groups excluding carboxylic acids is 3. The maximum Gasteiger partial charge on any atom is 0.338 e. The van der Waals surface area contributed by atoms with Gasteiger partial charge in [-0.15, -0.1) is 0 Å². The van der Waals surface area contributed by atoms with Crippen LogP contribution in [0.1, 0.15) is 65.7 Å². The molecule has 1 aliphatic heterocycles. The Morgan fingerprint density at radius 3 is 2.61 bits per heavy atom. The highest BCUT2D eigenvalue weighted by Crippen LogP contribution is 2.25. The summed E-state index contributed by atoms with van der Waals surface area (Å²) in [6, 6.07) is 13.0. The highest BCUT2D eigenvalue weighted by atomic mass is 16.5. The molecule has 1 saturated heterocycles. The Bertz CT molecular complexity index is 1000. The summed E-state index contributed by atoms with van der Waals surface area (Å²) in [6.07, 6.45) is 6.00. The predicted molar refractivity (Wildman–Crippen MR) is 118 cm³/mol. The van der Waals surface area contributed by atoms with E-state index in [4.69, 9.17) is 4.74 Å². The average Bonchev–Trinajstić information content (AvgIpc) is 3.23. The predicted octanol–water partition coefficient (Wildman–Crippen LogP) is 3.73. The Kier molecular flexibility index (Phi) is 6.35. The first-order valence-electron chi connectivity index (χ1n) is 11.0. The van der Waals surface area contributed by atoms with Gasteiger partial charge in [0.1, 0.15) is 0 Å². The van der Waals surface area contributed by atoms with Crippen LogP contribution < -0.4 is 10.2 Å². The van der Waals surface area contributed by atoms with Crippen LogP contribution in [0, 0.1) is 0 Å². The van der Waals surface area contributed by atoms with Crippen molar-refractivity contribution >= 4 is 23.5 Å². The summed E-state index contributed by atoms with van der Waals surface area (Å²) in [4.78, 5) is 38.3. The molecule has 0 saturated carbocycles. The topological polar surface area (TPSA) is 75.7 Å². The van der Waals surface area contributed by atoms with Crippen LogP contribution in [0.5, 0.6) is 0 Å². The third kappa shape index (κ3) is 4.95. The molecule has 6 nitrogen and oxygen atoms in total. The van der Waals surface area contributed by atoms with Gasteiger partial charge in [-0.2, -0.15) is 0 Å². The summed E-state index contributed by atoms with van der Waals surface area (Å²) in [6.45, 7) is 2.24. The van der Waals surface area contributed by atoms with Crippen molar-refractivity contribution in [2.75, 3.05) is 18.1 Å². The SMILES string of the molecule is C[C@@H](NC(=O)COC(=O)c1cccc(N2CCCC2=O)c1)c1ccc2c(c1)CCCC2. The Balaban J connectivity index is 1.31. The molecule has 6 heteroatoms. The Hall–Kier alpha value is -3.15. The summed E-state index contributed by atoms with van der Waals surface area (Å²) in [5, 5.41) is 2.90. The molecule has 1 atom stereocenters. The third-order valence-electron chi connectivity index (χ3n) is 6.05. The van der Waals surface area contributed by atoms with E-state index in [1.54, 1.807) is 29.2 Å². The lowest BCUT2D eigenvalue weighted by Crippen LogP contribution is -2.31. The molecule has 0 radical (unpaired) electrons. The van der Waals surface area contributed by atoms with Gasteiger partial charge in [-0.25, -0.2) is 4.79 Å². The van der Waals surface area contributed by atoms with E-state index < -0.39 is 5.97 Å². The van der Waals surface area contributed by atoms with Gasteiger partial charge in [0.25, 0.3) is 5.91 Å². The average molecular weight is 421 g/mol. The van der Waals surface area contributed by atoms with Crippen LogP contribution >= 0.6 is 0 Å². The van der Waals surface area contributed by atoms with E-state index in [0.717, 1.165) is 24.8 Å². The first-order valence-corrected chi connectivity index (χ1v) is 11.0. The standard InChI is InChI=1S/C25H28N2O4/c1-17(19-12-11-18-6-2-3-7-20(18)14-19)26-23(28)16-31-25(30)21-8-4-9-22(15-21)27-13-5-10-24(27)29/h4,8-9,11-12,14-15,17H,2-3,5-7,10,13,16H2,1H3,(H,26,28)/t17-/m1/s1. The maximum absolute atomic E-state index is 12.4. The third-order valence-corrected chi connectivity index (χ3v) is 6.05. The van der Waals surface area contributed by atoms with Crippen LogP contribution in [0.15, 0.2) is 42.5 Å². The zero-order valence-electron chi connectivity index (χ0n) is 17.9. The van der Waals surface area contributed by atoms with Gasteiger partial charge in [0.2, 0.25) is 5.91 Å². The molecule has 162 valence electrons. The molecule has 1 aliphatic carbocycles. The molecular weight excluding hydrogens is 392 g/mol. The van der Waals surface area contributed by atoms with E-state index in [0.29, 0.717) is 24.2 Å². The van der Waals surface area contributed by atoms with Crippen molar-refractivity contribution in [1.82, 2.24) is 5.32 Å². The molecule has 31 heavy (non-hydrogen) atoms. The normalized spacial score (nSPS) is 16.5. The van der Waals surface area contributed by atoms with E-state index in [1.807, 2.05) is 6.92 Å². The first-order chi connectivity index (χ1) is 15.0. The minimum atomic E-state index is -0.579. The van der Waals surface area contributed by atoms with E-state index in [9.17, 15) is 14.4 Å². The number of nitrogens with zero attached hydrogens (tertiary/aromatic N) is 1. The van der Waals surface area contributed by atoms with Crippen molar-refractivity contribution < 1.29 is 19.1 Å². The van der Waals surface area contributed by atoms with Crippen molar-refractivity contribution in [1.29, 1.82) is 0 Å². The fourth-order valence-corrected chi connectivity index (χ4v) is 4.33. The Morgan fingerprint density at radius 2 is 1.84 bits per heavy atom. The summed E-state index contributed by atoms with van der Waals surface area (Å²) in [5.74, 6) is -0.865. The summed E-state index contributed by atoms with van der Waals surface area (Å²) >= 11 is 0. The van der Waals surface area contributed by atoms with Crippen LogP contribution in [0.25, 0.3) is 0 Å². The minimum Gasteiger partial charge on any atom is -0.452 e. The lowest BCUT2D eigenvalue weighted by atomic mass is 9.89. The number of hydrogen-bond acceptors (Lipinski definition) is 4. The summed E-state index contributed by atoms with van der Waals surface area (Å²) in [5.41, 5.74) is 4.84. The quantitative estimate of drug-likeness (QED) is 0.723. The maximum atomic E-state index is 12.4. The molecule has 1 heterocycles. The monoisotopic (exact) mass is 420 g/mol. The fourth-order valence-electron chi connectivity index (χ4n) is 4.33. The Labute approximate surface area is 182 Å². The van der Waals surface area contributed by atoms with Gasteiger partial charge in [-0.05, 0) is 73.9 Å². The molecule has 1 fully saturated rings. The van der Waals surface area contributed by atoms with Gasteiger partial charge in [-0.1, -0.05) is 24.3 Å². The second-order valence-corrected chi connectivity index (χ2v) is 8.30. The number of anilines is 1. The molecule has 0 aromatic heterocycles. The van der Waals surface area contributed by atoms with Crippen LogP contribution in [-0.4, -0.2) is 30.9 Å². The van der Waals surface area contributed by atoms with Crippen LogP contribution in [0.3, 0.4) is 0 Å². The summed E-state index contributed by atoms with van der Waals surface area (Å²) < 4.78 is 5.21. The molecule has 0 spiro atoms. The number of amides is 2. The van der Waals surface area contributed by atoms with E-state index >= 15 is 0 Å². The van der Waals surface area contributed by atoms with Crippen molar-refractivity contribution in [3.05, 3.63) is 64.7 Å². The summed E-state index contributed by atoms with van der Waals surface area (Å²) in [7, 11) is 0. The van der Waals surface area contributed by atoms with Gasteiger partial charge < -0.3 is 15.0 Å². The minimum absolute atomic E-state index is 0.0565. The van der Waals surface area contributed by atoms with Crippen molar-refractivity contribution in [3.63, 3.8) is 0 Å². The van der Waals surface area contributed by atoms with Crippen LogP contribution in [-0.2, 0) is 27.2 Å². The number of rotatable bonds is 6. The number of aryl methyl sites for hydroxylation is 2. The van der Waals surface area contributed by atoms with Crippen molar-refractivity contribution in [2.24, 2.45) is 0 Å². The number of benzene rings is 2. The first kappa shape index (κ1) is 21.1. The van der Waals surface area contributed by atoms with Gasteiger partial charge in [0.15, 0.2) is 6.61 Å². The van der Waals surface area contributed by atoms with Crippen LogP contribution in [0.4, 0.5) is 5.69 Å². The second-order valence-electron chi connectivity index (χ2n) is 8.30. The van der Waals surface area contributed by atoms with Crippen LogP contribution in [0.2, 0.25) is 0 Å². The van der Waals surface area contributed by atoms with Gasteiger partial charge >= 0.3 is 5.97 Å². The number of carbonyl (C=O) groups is 3. The number of nitrogens with one attached hydrogen (secondary N) is 1. The largest absolute Gasteiger partial charge is 0.452 e. The van der Waals surface area contributed by atoms with E-state index in [-0.39, 0.29) is 24.5 Å². The zero-order chi connectivity index (χ0) is 21.8. The molecule has 0 bridgehead atoms. The molecule has 4 rings (SSSR count). The molecule has 2 amide bonds. The van der Waals surface area contributed by atoms with Gasteiger partial charge in [-0.3, -0.25) is 9.59 Å². The smallest absolute Gasteiger partial charge is 0.338 e. The number of hydrogen-bond donors (Lipinski definition) is 1. The van der Waals surface area contributed by atoms with Crippen molar-refractivity contribution in [3.8, 4) is 0 Å². The number of ether oxygens (including phenoxy) is 1. The molecular formula is C25H28N2O4. The van der Waals surface area contributed by atoms with Gasteiger partial charge in [0, 0.05) is 18.7 Å². The number of esters is 1. The zero-order valence-corrected chi connectivity index (χ0v) is 17.9. The molecule has 1 N–H and O–H groups in total. The van der Waals surface area contributed by atoms with E-state index in [1.165, 1.54) is 24.0 Å². The lowest BCUT2D eigenvalue weighted by Gasteiger charge is -2.20. The highest BCUT2D eigenvalue weighted by molar-refractivity contribution is 5.97. The number of fused-ring (bicyclic) bond motifs is 1.